The SMILES string of the molecule is O[B]C1=CC=CC2C=CC=CC12. The number of allylic oxidation sites excluding steroid dienone is 8. The topological polar surface area (TPSA) is 20.2 Å². The maximum atomic E-state index is 8.94. The van der Waals surface area contributed by atoms with Crippen LogP contribution < -0.4 is 0 Å². The molecule has 0 aromatic carbocycles. The van der Waals surface area contributed by atoms with Gasteiger partial charge in [0, 0.05) is 11.8 Å². The summed E-state index contributed by atoms with van der Waals surface area (Å²) in [4.78, 5) is 0. The van der Waals surface area contributed by atoms with Gasteiger partial charge in [-0.1, -0.05) is 48.0 Å². The van der Waals surface area contributed by atoms with E-state index in [0.717, 1.165) is 5.47 Å². The summed E-state index contributed by atoms with van der Waals surface area (Å²) in [7, 11) is 1.20. The van der Waals surface area contributed by atoms with Crippen LogP contribution in [0.3, 0.4) is 0 Å². The molecule has 0 bridgehead atoms. The second kappa shape index (κ2) is 3.15. The van der Waals surface area contributed by atoms with Crippen LogP contribution in [0.25, 0.3) is 0 Å². The smallest absolute Gasteiger partial charge is 0.322 e. The van der Waals surface area contributed by atoms with Gasteiger partial charge in [0.1, 0.15) is 0 Å². The minimum Gasteiger partial charge on any atom is -0.450 e. The highest BCUT2D eigenvalue weighted by atomic mass is 16.2. The van der Waals surface area contributed by atoms with Gasteiger partial charge in [-0.15, -0.1) is 0 Å². The van der Waals surface area contributed by atoms with Gasteiger partial charge in [0.05, 0.1) is 0 Å². The van der Waals surface area contributed by atoms with Gasteiger partial charge in [0.2, 0.25) is 0 Å². The summed E-state index contributed by atoms with van der Waals surface area (Å²) in [5.74, 6) is 0.767. The Morgan fingerprint density at radius 3 is 2.67 bits per heavy atom. The zero-order valence-corrected chi connectivity index (χ0v) is 6.72. The second-order valence-electron chi connectivity index (χ2n) is 3.05. The molecule has 1 radical (unpaired) electrons. The summed E-state index contributed by atoms with van der Waals surface area (Å²) < 4.78 is 0. The molecule has 2 rings (SSSR count). The Labute approximate surface area is 73.1 Å². The normalized spacial score (nSPS) is 31.2. The lowest BCUT2D eigenvalue weighted by Gasteiger charge is -2.25. The average Bonchev–Trinajstić information content (AvgIpc) is 2.17. The van der Waals surface area contributed by atoms with Gasteiger partial charge in [-0.3, -0.25) is 0 Å². The van der Waals surface area contributed by atoms with Crippen molar-refractivity contribution >= 4 is 7.48 Å². The highest BCUT2D eigenvalue weighted by Crippen LogP contribution is 2.29. The van der Waals surface area contributed by atoms with E-state index in [4.69, 9.17) is 5.02 Å². The summed E-state index contributed by atoms with van der Waals surface area (Å²) in [5.41, 5.74) is 0.989. The quantitative estimate of drug-likeness (QED) is 0.570. The molecule has 0 heterocycles. The fourth-order valence-electron chi connectivity index (χ4n) is 1.68. The number of hydrogen-bond acceptors (Lipinski definition) is 1. The first-order chi connectivity index (χ1) is 5.92. The molecule has 2 heteroatoms. The van der Waals surface area contributed by atoms with E-state index in [2.05, 4.69) is 18.2 Å². The van der Waals surface area contributed by atoms with Crippen molar-refractivity contribution in [3.05, 3.63) is 48.0 Å². The third kappa shape index (κ3) is 1.19. The van der Waals surface area contributed by atoms with Crippen molar-refractivity contribution in [2.45, 2.75) is 0 Å². The van der Waals surface area contributed by atoms with E-state index in [1.807, 2.05) is 24.3 Å². The predicted molar refractivity (Wildman–Crippen MR) is 50.5 cm³/mol. The predicted octanol–water partition coefficient (Wildman–Crippen LogP) is 1.41. The Hall–Kier alpha value is -1.02. The summed E-state index contributed by atoms with van der Waals surface area (Å²) in [6.07, 6.45) is 14.4. The molecule has 12 heavy (non-hydrogen) atoms. The van der Waals surface area contributed by atoms with Crippen molar-refractivity contribution in [3.8, 4) is 0 Å². The third-order valence-corrected chi connectivity index (χ3v) is 2.33. The molecule has 59 valence electrons. The fraction of sp³-hybridized carbons (Fsp3) is 0.200. The van der Waals surface area contributed by atoms with Gasteiger partial charge < -0.3 is 5.02 Å². The zero-order valence-electron chi connectivity index (χ0n) is 6.72. The Bertz CT molecular complexity index is 286. The molecule has 2 unspecified atom stereocenters. The summed E-state index contributed by atoms with van der Waals surface area (Å²) in [6, 6.07) is 0. The Morgan fingerprint density at radius 2 is 1.83 bits per heavy atom. The molecule has 0 aliphatic heterocycles. The van der Waals surface area contributed by atoms with Crippen LogP contribution in [0.15, 0.2) is 48.0 Å². The first kappa shape index (κ1) is 7.62. The van der Waals surface area contributed by atoms with E-state index >= 15 is 0 Å². The van der Waals surface area contributed by atoms with Crippen LogP contribution in [0.4, 0.5) is 0 Å². The zero-order chi connectivity index (χ0) is 8.39. The molecule has 0 aromatic rings. The van der Waals surface area contributed by atoms with Gasteiger partial charge in [-0.2, -0.15) is 0 Å². The minimum atomic E-state index is 0.338. The molecule has 0 spiro atoms. The molecule has 2 aliphatic carbocycles. The lowest BCUT2D eigenvalue weighted by atomic mass is 9.69. The van der Waals surface area contributed by atoms with Gasteiger partial charge in [0.25, 0.3) is 0 Å². The van der Waals surface area contributed by atoms with Crippen molar-refractivity contribution in [1.29, 1.82) is 0 Å². The van der Waals surface area contributed by atoms with E-state index in [0.29, 0.717) is 11.8 Å². The van der Waals surface area contributed by atoms with E-state index in [9.17, 15) is 0 Å². The first-order valence-corrected chi connectivity index (χ1v) is 4.12. The van der Waals surface area contributed by atoms with Crippen molar-refractivity contribution in [2.75, 3.05) is 0 Å². The maximum absolute atomic E-state index is 8.94. The third-order valence-electron chi connectivity index (χ3n) is 2.33. The molecule has 0 saturated heterocycles. The van der Waals surface area contributed by atoms with E-state index in [1.54, 1.807) is 0 Å². The number of fused-ring (bicyclic) bond motifs is 1. The Balaban J connectivity index is 2.28. The highest BCUT2D eigenvalue weighted by Gasteiger charge is 2.21. The second-order valence-corrected chi connectivity index (χ2v) is 3.05. The lowest BCUT2D eigenvalue weighted by molar-refractivity contribution is 0.581. The van der Waals surface area contributed by atoms with Crippen molar-refractivity contribution in [3.63, 3.8) is 0 Å². The lowest BCUT2D eigenvalue weighted by Crippen LogP contribution is -2.19. The van der Waals surface area contributed by atoms with E-state index in [1.165, 1.54) is 7.48 Å². The largest absolute Gasteiger partial charge is 0.450 e. The van der Waals surface area contributed by atoms with Crippen LogP contribution in [0.2, 0.25) is 0 Å². The minimum absolute atomic E-state index is 0.338. The molecule has 0 amide bonds. The van der Waals surface area contributed by atoms with Gasteiger partial charge in [-0.25, -0.2) is 0 Å². The Morgan fingerprint density at radius 1 is 1.08 bits per heavy atom. The molecule has 0 saturated carbocycles. The van der Waals surface area contributed by atoms with E-state index in [-0.39, 0.29) is 0 Å². The molecule has 2 aliphatic rings. The monoisotopic (exact) mass is 157 g/mol. The van der Waals surface area contributed by atoms with Crippen molar-refractivity contribution in [1.82, 2.24) is 0 Å². The van der Waals surface area contributed by atoms with Crippen LogP contribution in [-0.4, -0.2) is 12.5 Å². The van der Waals surface area contributed by atoms with Gasteiger partial charge >= 0.3 is 7.48 Å². The number of hydrogen-bond donors (Lipinski definition) is 1. The van der Waals surface area contributed by atoms with Gasteiger partial charge in [-0.05, 0) is 0 Å². The van der Waals surface area contributed by atoms with Crippen LogP contribution in [0.5, 0.6) is 0 Å². The highest BCUT2D eigenvalue weighted by molar-refractivity contribution is 6.36. The number of rotatable bonds is 1. The molecular weight excluding hydrogens is 147 g/mol. The standard InChI is InChI=1S/C10H10BO/c12-11-10-7-3-5-8-4-1-2-6-9(8)10/h1-9,12H. The molecule has 0 aromatic heterocycles. The van der Waals surface area contributed by atoms with Crippen LogP contribution >= 0.6 is 0 Å². The van der Waals surface area contributed by atoms with Crippen molar-refractivity contribution < 1.29 is 5.02 Å². The maximum Gasteiger partial charge on any atom is 0.322 e. The Kier molecular flexibility index (Phi) is 2.00. The van der Waals surface area contributed by atoms with Gasteiger partial charge in [0.15, 0.2) is 0 Å². The summed E-state index contributed by atoms with van der Waals surface area (Å²) >= 11 is 0. The average molecular weight is 157 g/mol. The molecule has 2 atom stereocenters. The summed E-state index contributed by atoms with van der Waals surface area (Å²) in [5, 5.41) is 8.94. The molecule has 0 fully saturated rings. The van der Waals surface area contributed by atoms with Crippen molar-refractivity contribution in [2.24, 2.45) is 11.8 Å². The van der Waals surface area contributed by atoms with Crippen LogP contribution in [-0.2, 0) is 0 Å². The fourth-order valence-corrected chi connectivity index (χ4v) is 1.68. The van der Waals surface area contributed by atoms with Crippen LogP contribution in [0, 0.1) is 11.8 Å². The summed E-state index contributed by atoms with van der Waals surface area (Å²) in [6.45, 7) is 0. The van der Waals surface area contributed by atoms with E-state index < -0.39 is 0 Å². The molecule has 1 nitrogen and oxygen atoms in total. The first-order valence-electron chi connectivity index (χ1n) is 4.12. The molecular formula is C10H10BO. The van der Waals surface area contributed by atoms with Crippen LogP contribution in [0.1, 0.15) is 0 Å². The molecule has 1 N–H and O–H groups in total.